The number of nitrogens with zero attached hydrogens (tertiary/aromatic N) is 4. The number of aliphatic hydroxyl groups is 1. The lowest BCUT2D eigenvalue weighted by Gasteiger charge is -2.39. The zero-order valence-electron chi connectivity index (χ0n) is 23.4. The lowest BCUT2D eigenvalue weighted by molar-refractivity contribution is -0.142. The zero-order chi connectivity index (χ0) is 30.0. The van der Waals surface area contributed by atoms with Gasteiger partial charge in [0.05, 0.1) is 35.2 Å². The van der Waals surface area contributed by atoms with E-state index >= 15 is 4.39 Å². The molecule has 5 heterocycles. The molecule has 3 atom stereocenters. The first kappa shape index (κ1) is 29.1. The summed E-state index contributed by atoms with van der Waals surface area (Å²) in [6.07, 6.45) is -2.95. The van der Waals surface area contributed by atoms with Crippen LogP contribution in [-0.4, -0.2) is 63.9 Å². The summed E-state index contributed by atoms with van der Waals surface area (Å²) in [6.45, 7) is 8.50. The van der Waals surface area contributed by atoms with Gasteiger partial charge in [0.2, 0.25) is 0 Å². The molecule has 0 bridgehead atoms. The molecule has 0 spiro atoms. The Kier molecular flexibility index (Phi) is 7.13. The average Bonchev–Trinajstić information content (AvgIpc) is 3.43. The van der Waals surface area contributed by atoms with Crippen molar-refractivity contribution in [1.82, 2.24) is 14.9 Å². The van der Waals surface area contributed by atoms with Crippen molar-refractivity contribution in [3.05, 3.63) is 52.2 Å². The Balaban J connectivity index is 1.38. The van der Waals surface area contributed by atoms with Crippen LogP contribution in [0.3, 0.4) is 0 Å². The Morgan fingerprint density at radius 3 is 2.71 bits per heavy atom. The second-order valence-electron chi connectivity index (χ2n) is 12.3. The molecular formula is C29H34F5N5O3. The number of nitrogens with two attached hydrogens (primary N) is 1. The molecule has 0 saturated carbocycles. The molecule has 4 aliphatic rings. The van der Waals surface area contributed by atoms with Crippen molar-refractivity contribution in [3.63, 3.8) is 0 Å². The van der Waals surface area contributed by atoms with E-state index in [1.54, 1.807) is 6.92 Å². The number of benzene rings is 1. The molecule has 0 amide bonds. The number of hydrogen-bond acceptors (Lipinski definition) is 8. The molecule has 228 valence electrons. The third-order valence-corrected chi connectivity index (χ3v) is 8.92. The van der Waals surface area contributed by atoms with Gasteiger partial charge < -0.3 is 25.2 Å². The van der Waals surface area contributed by atoms with Gasteiger partial charge in [-0.25, -0.2) is 8.78 Å². The minimum absolute atomic E-state index is 0.0311. The molecule has 3 N–H and O–H groups in total. The molecule has 1 aromatic carbocycles. The SMILES string of the molecule is C=C1CN2CCC[C@@]2(COc2nc3c(c(N4CCC[C@@](C)(O)C4)n2)CO[C@H](c2c(F)c(N)cc(F)c2C(F)(F)F)C3)C1. The normalized spacial score (nSPS) is 28.2. The molecule has 2 aromatic rings. The van der Waals surface area contributed by atoms with Crippen LogP contribution in [0.25, 0.3) is 0 Å². The molecule has 8 nitrogen and oxygen atoms in total. The highest BCUT2D eigenvalue weighted by Gasteiger charge is 2.47. The molecule has 4 aliphatic heterocycles. The molecule has 6 rings (SSSR count). The fourth-order valence-corrected chi connectivity index (χ4v) is 7.04. The summed E-state index contributed by atoms with van der Waals surface area (Å²) in [7, 11) is 0. The standard InChI is InChI=1S/C29H34F5N5O3/c1-16-11-28(6-4-8-39(28)12-16)15-42-26-36-20-10-21(22-23(29(32,33)34)18(30)9-19(35)24(22)31)41-13-17(20)25(37-26)38-7-3-5-27(2,40)14-38/h9,21,40H,1,3-8,10-15,35H2,2H3/t21-,27+,28-/m0/s1. The summed E-state index contributed by atoms with van der Waals surface area (Å²) in [4.78, 5) is 13.5. The van der Waals surface area contributed by atoms with Gasteiger partial charge in [0, 0.05) is 43.2 Å². The van der Waals surface area contributed by atoms with Crippen LogP contribution in [0, 0.1) is 11.6 Å². The fourth-order valence-electron chi connectivity index (χ4n) is 7.04. The van der Waals surface area contributed by atoms with Gasteiger partial charge in [-0.1, -0.05) is 12.2 Å². The number of hydrogen-bond donors (Lipinski definition) is 2. The molecule has 1 aromatic heterocycles. The summed E-state index contributed by atoms with van der Waals surface area (Å²) in [5.74, 6) is -2.61. The van der Waals surface area contributed by atoms with E-state index in [1.165, 1.54) is 0 Å². The van der Waals surface area contributed by atoms with E-state index in [0.29, 0.717) is 49.1 Å². The smallest absolute Gasteiger partial charge is 0.419 e. The monoisotopic (exact) mass is 595 g/mol. The second-order valence-corrected chi connectivity index (χ2v) is 12.3. The molecule has 42 heavy (non-hydrogen) atoms. The molecule has 3 saturated heterocycles. The van der Waals surface area contributed by atoms with Gasteiger partial charge in [0.1, 0.15) is 23.8 Å². The third kappa shape index (κ3) is 5.19. The van der Waals surface area contributed by atoms with Gasteiger partial charge >= 0.3 is 12.2 Å². The number of aromatic nitrogens is 2. The third-order valence-electron chi connectivity index (χ3n) is 8.92. The number of piperidine rings is 1. The average molecular weight is 596 g/mol. The van der Waals surface area contributed by atoms with Crippen LogP contribution in [0.5, 0.6) is 6.01 Å². The number of rotatable bonds is 5. The van der Waals surface area contributed by atoms with E-state index < -0.39 is 46.3 Å². The molecule has 0 unspecified atom stereocenters. The molecule has 13 heteroatoms. The summed E-state index contributed by atoms with van der Waals surface area (Å²) in [5.41, 5.74) is 2.79. The molecule has 3 fully saturated rings. The molecule has 0 radical (unpaired) electrons. The van der Waals surface area contributed by atoms with E-state index in [4.69, 9.17) is 20.2 Å². The van der Waals surface area contributed by atoms with E-state index in [1.807, 2.05) is 4.90 Å². The maximum Gasteiger partial charge on any atom is 0.419 e. The Morgan fingerprint density at radius 2 is 1.98 bits per heavy atom. The summed E-state index contributed by atoms with van der Waals surface area (Å²) < 4.78 is 83.4. The largest absolute Gasteiger partial charge is 0.461 e. The predicted molar refractivity (Wildman–Crippen MR) is 144 cm³/mol. The van der Waals surface area contributed by atoms with Crippen molar-refractivity contribution in [2.24, 2.45) is 0 Å². The molecule has 0 aliphatic carbocycles. The van der Waals surface area contributed by atoms with Crippen LogP contribution in [0.15, 0.2) is 18.2 Å². The summed E-state index contributed by atoms with van der Waals surface area (Å²) in [5, 5.41) is 10.8. The van der Waals surface area contributed by atoms with Crippen LogP contribution >= 0.6 is 0 Å². The highest BCUT2D eigenvalue weighted by molar-refractivity contribution is 5.54. The van der Waals surface area contributed by atoms with Crippen molar-refractivity contribution in [2.45, 2.75) is 75.5 Å². The van der Waals surface area contributed by atoms with Crippen LogP contribution in [0.2, 0.25) is 0 Å². The van der Waals surface area contributed by atoms with Crippen LogP contribution < -0.4 is 15.4 Å². The van der Waals surface area contributed by atoms with Gasteiger partial charge in [-0.15, -0.1) is 0 Å². The number of β-amino-alcohol motifs (C(OH)–C–C–N with tert-alkyl or cyclic N) is 1. The number of alkyl halides is 3. The topological polar surface area (TPSA) is 97.0 Å². The van der Waals surface area contributed by atoms with E-state index in [2.05, 4.69) is 16.5 Å². The number of ether oxygens (including phenoxy) is 2. The van der Waals surface area contributed by atoms with Crippen molar-refractivity contribution < 1.29 is 36.5 Å². The van der Waals surface area contributed by atoms with Crippen molar-refractivity contribution >= 4 is 11.5 Å². The summed E-state index contributed by atoms with van der Waals surface area (Å²) in [6, 6.07) is 0.361. The zero-order valence-corrected chi connectivity index (χ0v) is 23.4. The highest BCUT2D eigenvalue weighted by atomic mass is 19.4. The highest BCUT2D eigenvalue weighted by Crippen LogP contribution is 2.45. The van der Waals surface area contributed by atoms with E-state index in [-0.39, 0.29) is 31.1 Å². The van der Waals surface area contributed by atoms with Gasteiger partial charge in [-0.2, -0.15) is 23.1 Å². The number of anilines is 2. The van der Waals surface area contributed by atoms with E-state index in [9.17, 15) is 22.7 Å². The minimum Gasteiger partial charge on any atom is -0.461 e. The first-order valence-electron chi connectivity index (χ1n) is 14.1. The van der Waals surface area contributed by atoms with Crippen LogP contribution in [0.4, 0.5) is 33.5 Å². The fraction of sp³-hybridized carbons (Fsp3) is 0.586. The molecular weight excluding hydrogens is 561 g/mol. The maximum absolute atomic E-state index is 15.1. The quantitative estimate of drug-likeness (QED) is 0.292. The van der Waals surface area contributed by atoms with Gasteiger partial charge in [0.15, 0.2) is 5.82 Å². The Morgan fingerprint density at radius 1 is 1.21 bits per heavy atom. The lowest BCUT2D eigenvalue weighted by atomic mass is 9.92. The first-order valence-corrected chi connectivity index (χ1v) is 14.1. The Bertz CT molecular complexity index is 1420. The Hall–Kier alpha value is -3.03. The lowest BCUT2D eigenvalue weighted by Crippen LogP contribution is -2.47. The first-order chi connectivity index (χ1) is 19.8. The maximum atomic E-state index is 15.1. The number of halogens is 5. The van der Waals surface area contributed by atoms with Crippen molar-refractivity contribution in [3.8, 4) is 6.01 Å². The summed E-state index contributed by atoms with van der Waals surface area (Å²) >= 11 is 0. The van der Waals surface area contributed by atoms with Crippen molar-refractivity contribution in [2.75, 3.05) is 43.4 Å². The Labute approximate surface area is 240 Å². The van der Waals surface area contributed by atoms with Gasteiger partial charge in [-0.05, 0) is 45.6 Å². The van der Waals surface area contributed by atoms with Crippen LogP contribution in [0.1, 0.15) is 67.5 Å². The van der Waals surface area contributed by atoms with Crippen LogP contribution in [-0.2, 0) is 23.9 Å². The number of fused-ring (bicyclic) bond motifs is 2. The van der Waals surface area contributed by atoms with E-state index in [0.717, 1.165) is 37.9 Å². The number of nitrogen functional groups attached to an aromatic ring is 1. The predicted octanol–water partition coefficient (Wildman–Crippen LogP) is 4.69. The second kappa shape index (κ2) is 10.3. The van der Waals surface area contributed by atoms with Gasteiger partial charge in [0.25, 0.3) is 0 Å². The van der Waals surface area contributed by atoms with Gasteiger partial charge in [-0.3, -0.25) is 4.90 Å². The minimum atomic E-state index is -5.18. The van der Waals surface area contributed by atoms with Crippen molar-refractivity contribution in [1.29, 1.82) is 0 Å².